The Morgan fingerprint density at radius 2 is 2.26 bits per heavy atom. The maximum Gasteiger partial charge on any atom is 0.320 e. The number of aliphatic hydroxyl groups is 1. The molecular formula is C13H15NO5. The molecule has 0 aromatic carbocycles. The number of hydrogen-bond donors (Lipinski definition) is 3. The molecule has 6 heteroatoms. The Morgan fingerprint density at radius 1 is 1.53 bits per heavy atom. The van der Waals surface area contributed by atoms with Gasteiger partial charge in [0.15, 0.2) is 0 Å². The molecule has 2 aliphatic rings. The fraction of sp³-hybridized carbons (Fsp3) is 0.385. The van der Waals surface area contributed by atoms with Gasteiger partial charge in [-0.15, -0.1) is 0 Å². The van der Waals surface area contributed by atoms with Crippen LogP contribution in [0.3, 0.4) is 0 Å². The minimum Gasteiger partial charge on any atom is -0.508 e. The molecule has 0 aromatic heterocycles. The van der Waals surface area contributed by atoms with Gasteiger partial charge in [0.05, 0.1) is 6.42 Å². The molecule has 1 aliphatic heterocycles. The fourth-order valence-corrected chi connectivity index (χ4v) is 2.13. The maximum absolute atomic E-state index is 11.5. The van der Waals surface area contributed by atoms with Gasteiger partial charge in [0.25, 0.3) is 0 Å². The first-order valence-electron chi connectivity index (χ1n) is 5.96. The zero-order chi connectivity index (χ0) is 14.0. The van der Waals surface area contributed by atoms with E-state index in [4.69, 9.17) is 15.6 Å². The van der Waals surface area contributed by atoms with Gasteiger partial charge in [-0.1, -0.05) is 11.6 Å². The van der Waals surface area contributed by atoms with Gasteiger partial charge >= 0.3 is 11.9 Å². The Kier molecular flexibility index (Phi) is 3.71. The number of esters is 1. The molecule has 1 aliphatic carbocycles. The molecule has 4 N–H and O–H groups in total. The predicted octanol–water partition coefficient (Wildman–Crippen LogP) is 0.802. The number of ether oxygens (including phenoxy) is 1. The van der Waals surface area contributed by atoms with Crippen molar-refractivity contribution < 1.29 is 24.5 Å². The van der Waals surface area contributed by atoms with Crippen molar-refractivity contribution in [1.82, 2.24) is 0 Å². The smallest absolute Gasteiger partial charge is 0.320 e. The predicted molar refractivity (Wildman–Crippen MR) is 66.2 cm³/mol. The Bertz CT molecular complexity index is 503. The largest absolute Gasteiger partial charge is 0.508 e. The SMILES string of the molecule is NC(CCC1=C2C=CC(O)=CC2OC(=O)C1)C(=O)O. The summed E-state index contributed by atoms with van der Waals surface area (Å²) in [7, 11) is 0. The number of carbonyl (C=O) groups excluding carboxylic acids is 1. The highest BCUT2D eigenvalue weighted by Gasteiger charge is 2.28. The second-order valence-electron chi connectivity index (χ2n) is 4.55. The third-order valence-corrected chi connectivity index (χ3v) is 3.16. The fourth-order valence-electron chi connectivity index (χ4n) is 2.13. The lowest BCUT2D eigenvalue weighted by atomic mass is 9.90. The van der Waals surface area contributed by atoms with Crippen molar-refractivity contribution in [3.63, 3.8) is 0 Å². The van der Waals surface area contributed by atoms with Crippen LogP contribution in [0.4, 0.5) is 0 Å². The molecule has 0 spiro atoms. The molecule has 0 fully saturated rings. The summed E-state index contributed by atoms with van der Waals surface area (Å²) in [6.45, 7) is 0. The lowest BCUT2D eigenvalue weighted by Crippen LogP contribution is -2.31. The van der Waals surface area contributed by atoms with Gasteiger partial charge in [-0.05, 0) is 24.5 Å². The zero-order valence-corrected chi connectivity index (χ0v) is 10.2. The topological polar surface area (TPSA) is 110 Å². The van der Waals surface area contributed by atoms with Crippen molar-refractivity contribution in [3.8, 4) is 0 Å². The summed E-state index contributed by atoms with van der Waals surface area (Å²) in [5, 5.41) is 18.1. The minimum absolute atomic E-state index is 0.0463. The van der Waals surface area contributed by atoms with E-state index in [0.29, 0.717) is 6.42 Å². The molecule has 2 rings (SSSR count). The van der Waals surface area contributed by atoms with Crippen molar-refractivity contribution in [2.45, 2.75) is 31.4 Å². The van der Waals surface area contributed by atoms with Gasteiger partial charge in [-0.25, -0.2) is 0 Å². The number of carbonyl (C=O) groups is 2. The number of hydrogen-bond acceptors (Lipinski definition) is 5. The first-order valence-corrected chi connectivity index (χ1v) is 5.96. The van der Waals surface area contributed by atoms with E-state index in [1.807, 2.05) is 0 Å². The third-order valence-electron chi connectivity index (χ3n) is 3.16. The van der Waals surface area contributed by atoms with Crippen LogP contribution in [0.5, 0.6) is 0 Å². The van der Waals surface area contributed by atoms with Crippen LogP contribution in [0.1, 0.15) is 19.3 Å². The van der Waals surface area contributed by atoms with Crippen LogP contribution in [0.25, 0.3) is 0 Å². The van der Waals surface area contributed by atoms with Crippen LogP contribution in [0.2, 0.25) is 0 Å². The number of fused-ring (bicyclic) bond motifs is 1. The second kappa shape index (κ2) is 5.27. The molecule has 0 amide bonds. The van der Waals surface area contributed by atoms with Gasteiger partial charge in [0.2, 0.25) is 0 Å². The number of rotatable bonds is 4. The van der Waals surface area contributed by atoms with Crippen molar-refractivity contribution in [3.05, 3.63) is 35.1 Å². The molecule has 1 heterocycles. The first-order chi connectivity index (χ1) is 8.97. The van der Waals surface area contributed by atoms with Crippen LogP contribution < -0.4 is 5.73 Å². The monoisotopic (exact) mass is 265 g/mol. The van der Waals surface area contributed by atoms with Gasteiger partial charge in [0.1, 0.15) is 17.9 Å². The summed E-state index contributed by atoms with van der Waals surface area (Å²) < 4.78 is 5.11. The molecule has 2 atom stereocenters. The van der Waals surface area contributed by atoms with Crippen LogP contribution in [0.15, 0.2) is 35.1 Å². The van der Waals surface area contributed by atoms with Crippen molar-refractivity contribution in [2.24, 2.45) is 5.73 Å². The van der Waals surface area contributed by atoms with E-state index in [1.54, 1.807) is 6.08 Å². The second-order valence-corrected chi connectivity index (χ2v) is 4.55. The molecular weight excluding hydrogens is 250 g/mol. The molecule has 2 unspecified atom stereocenters. The average Bonchev–Trinajstić information content (AvgIpc) is 2.34. The molecule has 6 nitrogen and oxygen atoms in total. The summed E-state index contributed by atoms with van der Waals surface area (Å²) in [5.74, 6) is -1.39. The highest BCUT2D eigenvalue weighted by molar-refractivity contribution is 5.76. The summed E-state index contributed by atoms with van der Waals surface area (Å²) in [6.07, 6.45) is 4.89. The van der Waals surface area contributed by atoms with Gasteiger partial charge in [0, 0.05) is 6.08 Å². The van der Waals surface area contributed by atoms with E-state index >= 15 is 0 Å². The average molecular weight is 265 g/mol. The lowest BCUT2D eigenvalue weighted by molar-refractivity contribution is -0.145. The molecule has 0 saturated heterocycles. The normalized spacial score (nSPS) is 23.5. The Hall–Kier alpha value is -2.08. The van der Waals surface area contributed by atoms with Crippen LogP contribution in [0, 0.1) is 0 Å². The van der Waals surface area contributed by atoms with E-state index in [-0.39, 0.29) is 24.6 Å². The molecule has 0 aromatic rings. The third kappa shape index (κ3) is 3.03. The number of carboxylic acids is 1. The number of aliphatic carboxylic acids is 1. The van der Waals surface area contributed by atoms with Gasteiger partial charge < -0.3 is 20.7 Å². The highest BCUT2D eigenvalue weighted by Crippen LogP contribution is 2.30. The Labute approximate surface area is 109 Å². The van der Waals surface area contributed by atoms with E-state index in [2.05, 4.69) is 0 Å². The number of allylic oxidation sites excluding steroid dienone is 1. The van der Waals surface area contributed by atoms with Crippen molar-refractivity contribution >= 4 is 11.9 Å². The highest BCUT2D eigenvalue weighted by atomic mass is 16.5. The summed E-state index contributed by atoms with van der Waals surface area (Å²) in [4.78, 5) is 22.1. The molecule has 19 heavy (non-hydrogen) atoms. The number of nitrogens with two attached hydrogens (primary N) is 1. The van der Waals surface area contributed by atoms with Crippen LogP contribution >= 0.6 is 0 Å². The lowest BCUT2D eigenvalue weighted by Gasteiger charge is -2.27. The first kappa shape index (κ1) is 13.4. The van der Waals surface area contributed by atoms with Gasteiger partial charge in [-0.3, -0.25) is 9.59 Å². The molecule has 102 valence electrons. The maximum atomic E-state index is 11.5. The van der Waals surface area contributed by atoms with E-state index in [9.17, 15) is 14.7 Å². The van der Waals surface area contributed by atoms with E-state index < -0.39 is 18.1 Å². The molecule has 0 bridgehead atoms. The van der Waals surface area contributed by atoms with Crippen LogP contribution in [-0.4, -0.2) is 34.3 Å². The minimum atomic E-state index is -1.06. The quantitative estimate of drug-likeness (QED) is 0.648. The summed E-state index contributed by atoms with van der Waals surface area (Å²) >= 11 is 0. The zero-order valence-electron chi connectivity index (χ0n) is 10.2. The number of aliphatic hydroxyl groups excluding tert-OH is 1. The Balaban J connectivity index is 2.15. The molecule has 0 radical (unpaired) electrons. The summed E-state index contributed by atoms with van der Waals surface area (Å²) in [5.41, 5.74) is 7.07. The van der Waals surface area contributed by atoms with E-state index in [1.165, 1.54) is 12.2 Å². The molecule has 0 saturated carbocycles. The summed E-state index contributed by atoms with van der Waals surface area (Å²) in [6, 6.07) is -0.944. The Morgan fingerprint density at radius 3 is 2.95 bits per heavy atom. The van der Waals surface area contributed by atoms with E-state index in [0.717, 1.165) is 11.1 Å². The number of carboxylic acid groups (broad SMARTS) is 1. The van der Waals surface area contributed by atoms with Gasteiger partial charge in [-0.2, -0.15) is 0 Å². The van der Waals surface area contributed by atoms with Crippen molar-refractivity contribution in [1.29, 1.82) is 0 Å². The standard InChI is InChI=1S/C13H15NO5/c14-10(13(17)18)4-1-7-5-12(16)19-11-6-8(15)2-3-9(7)11/h2-3,6,10-11,15H,1,4-5,14H2,(H,17,18). The van der Waals surface area contributed by atoms with Crippen molar-refractivity contribution in [2.75, 3.05) is 0 Å². The van der Waals surface area contributed by atoms with Crippen LogP contribution in [-0.2, 0) is 14.3 Å².